The first-order valence-electron chi connectivity index (χ1n) is 8.49. The Balaban J connectivity index is 1.58. The van der Waals surface area contributed by atoms with Gasteiger partial charge in [0.1, 0.15) is 4.60 Å². The zero-order valence-electron chi connectivity index (χ0n) is 14.5. The van der Waals surface area contributed by atoms with Gasteiger partial charge in [-0.2, -0.15) is 9.90 Å². The molecule has 0 bridgehead atoms. The molecule has 6 nitrogen and oxygen atoms in total. The highest BCUT2D eigenvalue weighted by Gasteiger charge is 2.16. The lowest BCUT2D eigenvalue weighted by Crippen LogP contribution is -2.03. The van der Waals surface area contributed by atoms with Crippen LogP contribution in [-0.2, 0) is 13.0 Å². The second kappa shape index (κ2) is 7.74. The van der Waals surface area contributed by atoms with Crippen LogP contribution in [0.3, 0.4) is 0 Å². The molecule has 0 atom stereocenters. The molecule has 0 aliphatic rings. The van der Waals surface area contributed by atoms with Crippen LogP contribution in [0, 0.1) is 0 Å². The van der Waals surface area contributed by atoms with E-state index < -0.39 is 0 Å². The summed E-state index contributed by atoms with van der Waals surface area (Å²) in [6.45, 7) is 2.70. The molecule has 0 fully saturated rings. The molecule has 0 aliphatic heterocycles. The van der Waals surface area contributed by atoms with Crippen LogP contribution < -0.4 is 0 Å². The van der Waals surface area contributed by atoms with Gasteiger partial charge in [0.2, 0.25) is 5.82 Å². The molecule has 0 saturated carbocycles. The third kappa shape index (κ3) is 3.86. The summed E-state index contributed by atoms with van der Waals surface area (Å²) >= 11 is 7.06. The topological polar surface area (TPSA) is 61.4 Å². The van der Waals surface area contributed by atoms with Gasteiger partial charge >= 0.3 is 0 Å². The molecule has 0 amide bonds. The average Bonchev–Trinajstić information content (AvgIpc) is 3.30. The Morgan fingerprint density at radius 1 is 0.926 bits per heavy atom. The third-order valence-corrected chi connectivity index (χ3v) is 5.52. The minimum atomic E-state index is 0.537. The summed E-state index contributed by atoms with van der Waals surface area (Å²) < 4.78 is 3.67. The van der Waals surface area contributed by atoms with Gasteiger partial charge in [-0.1, -0.05) is 47.1 Å². The van der Waals surface area contributed by atoms with Crippen molar-refractivity contribution >= 4 is 31.9 Å². The molecule has 2 aromatic carbocycles. The van der Waals surface area contributed by atoms with E-state index in [0.717, 1.165) is 32.3 Å². The lowest BCUT2D eigenvalue weighted by molar-refractivity contribution is 0.573. The predicted molar refractivity (Wildman–Crippen MR) is 111 cm³/mol. The van der Waals surface area contributed by atoms with Gasteiger partial charge in [-0.25, -0.2) is 4.68 Å². The van der Waals surface area contributed by atoms with Crippen LogP contribution in [0.15, 0.2) is 63.8 Å². The first-order chi connectivity index (χ1) is 13.1. The molecule has 0 radical (unpaired) electrons. The van der Waals surface area contributed by atoms with Crippen molar-refractivity contribution in [1.82, 2.24) is 30.0 Å². The minimum absolute atomic E-state index is 0.537. The monoisotopic (exact) mass is 486 g/mol. The molecular weight excluding hydrogens is 472 g/mol. The van der Waals surface area contributed by atoms with E-state index >= 15 is 0 Å². The van der Waals surface area contributed by atoms with E-state index in [2.05, 4.69) is 83.6 Å². The first kappa shape index (κ1) is 18.1. The maximum absolute atomic E-state index is 4.49. The fourth-order valence-electron chi connectivity index (χ4n) is 2.71. The molecule has 2 aromatic heterocycles. The van der Waals surface area contributed by atoms with Crippen molar-refractivity contribution in [1.29, 1.82) is 0 Å². The van der Waals surface area contributed by atoms with E-state index in [9.17, 15) is 0 Å². The number of hydrogen-bond acceptors (Lipinski definition) is 4. The number of benzene rings is 2. The van der Waals surface area contributed by atoms with Crippen molar-refractivity contribution in [3.8, 4) is 17.1 Å². The Hall–Kier alpha value is -2.32. The van der Waals surface area contributed by atoms with Gasteiger partial charge in [-0.3, -0.25) is 0 Å². The van der Waals surface area contributed by atoms with Gasteiger partial charge in [0.15, 0.2) is 0 Å². The van der Waals surface area contributed by atoms with E-state index in [0.29, 0.717) is 12.4 Å². The van der Waals surface area contributed by atoms with Crippen LogP contribution in [-0.4, -0.2) is 30.0 Å². The van der Waals surface area contributed by atoms with Crippen LogP contribution in [0.1, 0.15) is 18.1 Å². The molecule has 0 aliphatic carbocycles. The largest absolute Gasteiger partial charge is 0.226 e. The number of halogens is 2. The summed E-state index contributed by atoms with van der Waals surface area (Å²) in [7, 11) is 0. The number of nitrogens with zero attached hydrogens (tertiary/aromatic N) is 6. The van der Waals surface area contributed by atoms with Crippen molar-refractivity contribution in [2.75, 3.05) is 0 Å². The highest BCUT2D eigenvalue weighted by molar-refractivity contribution is 9.10. The van der Waals surface area contributed by atoms with E-state index in [4.69, 9.17) is 0 Å². The van der Waals surface area contributed by atoms with Crippen molar-refractivity contribution < 1.29 is 0 Å². The van der Waals surface area contributed by atoms with Crippen LogP contribution in [0.4, 0.5) is 0 Å². The van der Waals surface area contributed by atoms with Crippen molar-refractivity contribution in [3.05, 3.63) is 74.9 Å². The van der Waals surface area contributed by atoms with Crippen molar-refractivity contribution in [2.24, 2.45) is 0 Å². The maximum atomic E-state index is 4.49. The number of tetrazole rings is 1. The molecule has 4 aromatic rings. The fraction of sp³-hybridized carbons (Fsp3) is 0.158. The van der Waals surface area contributed by atoms with E-state index in [1.54, 1.807) is 11.0 Å². The average molecular weight is 488 g/mol. The SMILES string of the molecule is CCc1ccc(-n2ncc(-c3nnn(Cc4ccc(Br)cc4)n3)c2Br)cc1. The predicted octanol–water partition coefficient (Wildman–Crippen LogP) is 4.66. The minimum Gasteiger partial charge on any atom is -0.226 e. The Bertz CT molecular complexity index is 1050. The van der Waals surface area contributed by atoms with Crippen LogP contribution >= 0.6 is 31.9 Å². The van der Waals surface area contributed by atoms with Crippen LogP contribution in [0.25, 0.3) is 17.1 Å². The van der Waals surface area contributed by atoms with Gasteiger partial charge in [-0.05, 0) is 63.0 Å². The molecule has 0 saturated heterocycles. The number of hydrogen-bond donors (Lipinski definition) is 0. The first-order valence-corrected chi connectivity index (χ1v) is 10.1. The molecule has 0 unspecified atom stereocenters. The second-order valence-corrected chi connectivity index (χ2v) is 7.72. The lowest BCUT2D eigenvalue weighted by atomic mass is 10.1. The molecule has 2 heterocycles. The second-order valence-electron chi connectivity index (χ2n) is 6.05. The number of aryl methyl sites for hydroxylation is 1. The summed E-state index contributed by atoms with van der Waals surface area (Å²) in [5, 5.41) is 17.3. The standard InChI is InChI=1S/C19H16Br2N6/c1-2-13-5-9-16(10-6-13)27-18(21)17(11-22-27)19-23-25-26(24-19)12-14-3-7-15(20)8-4-14/h3-11H,2,12H2,1H3. The molecule has 0 N–H and O–H groups in total. The van der Waals surface area contributed by atoms with Gasteiger partial charge in [-0.15, -0.1) is 10.2 Å². The van der Waals surface area contributed by atoms with Crippen LogP contribution in [0.2, 0.25) is 0 Å². The van der Waals surface area contributed by atoms with E-state index in [-0.39, 0.29) is 0 Å². The molecule has 4 rings (SSSR count). The summed E-state index contributed by atoms with van der Waals surface area (Å²) in [4.78, 5) is 1.58. The maximum Gasteiger partial charge on any atom is 0.209 e. The third-order valence-electron chi connectivity index (χ3n) is 4.23. The highest BCUT2D eigenvalue weighted by atomic mass is 79.9. The smallest absolute Gasteiger partial charge is 0.209 e. The van der Waals surface area contributed by atoms with Gasteiger partial charge in [0, 0.05) is 4.47 Å². The number of rotatable bonds is 5. The highest BCUT2D eigenvalue weighted by Crippen LogP contribution is 2.27. The van der Waals surface area contributed by atoms with Gasteiger partial charge in [0.05, 0.1) is 24.0 Å². The quantitative estimate of drug-likeness (QED) is 0.410. The lowest BCUT2D eigenvalue weighted by Gasteiger charge is -2.04. The summed E-state index contributed by atoms with van der Waals surface area (Å²) in [5.41, 5.74) is 4.18. The molecule has 136 valence electrons. The van der Waals surface area contributed by atoms with Crippen molar-refractivity contribution in [2.45, 2.75) is 19.9 Å². The summed E-state index contributed by atoms with van der Waals surface area (Å²) in [5.74, 6) is 0.537. The summed E-state index contributed by atoms with van der Waals surface area (Å²) in [6, 6.07) is 16.4. The zero-order valence-corrected chi connectivity index (χ0v) is 17.7. The Kier molecular flexibility index (Phi) is 5.18. The van der Waals surface area contributed by atoms with Crippen LogP contribution in [0.5, 0.6) is 0 Å². The van der Waals surface area contributed by atoms with Gasteiger partial charge in [0.25, 0.3) is 0 Å². The van der Waals surface area contributed by atoms with E-state index in [1.807, 2.05) is 28.9 Å². The Labute approximate surface area is 173 Å². The summed E-state index contributed by atoms with van der Waals surface area (Å²) in [6.07, 6.45) is 2.76. The molecule has 8 heteroatoms. The Morgan fingerprint density at radius 2 is 1.63 bits per heavy atom. The fourth-order valence-corrected chi connectivity index (χ4v) is 3.55. The normalized spacial score (nSPS) is 11.1. The van der Waals surface area contributed by atoms with Crippen molar-refractivity contribution in [3.63, 3.8) is 0 Å². The zero-order chi connectivity index (χ0) is 18.8. The number of aromatic nitrogens is 6. The van der Waals surface area contributed by atoms with E-state index in [1.165, 1.54) is 5.56 Å². The van der Waals surface area contributed by atoms with Gasteiger partial charge < -0.3 is 0 Å². The molecular formula is C19H16Br2N6. The Morgan fingerprint density at radius 3 is 2.33 bits per heavy atom. The molecule has 0 spiro atoms. The molecule has 27 heavy (non-hydrogen) atoms.